The molecule has 1 aliphatic heterocycles. The van der Waals surface area contributed by atoms with Crippen molar-refractivity contribution in [3.05, 3.63) is 101 Å². The largest absolute Gasteiger partial charge is 0.489 e. The monoisotopic (exact) mass is 480 g/mol. The Labute approximate surface area is 207 Å². The molecule has 6 rings (SSSR count). The molecular formula is C28H24N4O2S. The zero-order valence-electron chi connectivity index (χ0n) is 19.5. The first-order valence-electron chi connectivity index (χ1n) is 11.6. The first kappa shape index (κ1) is 21.6. The van der Waals surface area contributed by atoms with Crippen LogP contribution in [0, 0.1) is 13.8 Å². The smallest absolute Gasteiger partial charge is 0.226 e. The van der Waals surface area contributed by atoms with Gasteiger partial charge in [-0.1, -0.05) is 65.4 Å². The molecule has 0 saturated heterocycles. The summed E-state index contributed by atoms with van der Waals surface area (Å²) in [4.78, 5) is 17.5. The van der Waals surface area contributed by atoms with Gasteiger partial charge in [0.15, 0.2) is 0 Å². The molecule has 0 aliphatic carbocycles. The minimum Gasteiger partial charge on any atom is -0.489 e. The number of aromatic nitrogens is 3. The zero-order chi connectivity index (χ0) is 23.9. The molecule has 7 heteroatoms. The number of aryl methyl sites for hydroxylation is 2. The van der Waals surface area contributed by atoms with Crippen molar-refractivity contribution in [2.75, 3.05) is 5.32 Å². The van der Waals surface area contributed by atoms with Crippen LogP contribution in [0.1, 0.15) is 40.3 Å². The van der Waals surface area contributed by atoms with E-state index in [9.17, 15) is 4.79 Å². The lowest BCUT2D eigenvalue weighted by molar-refractivity contribution is -0.116. The molecule has 174 valence electrons. The van der Waals surface area contributed by atoms with E-state index < -0.39 is 0 Å². The quantitative estimate of drug-likeness (QED) is 0.327. The number of hydrogen-bond acceptors (Lipinski definition) is 5. The van der Waals surface area contributed by atoms with Gasteiger partial charge in [-0.15, -0.1) is 0 Å². The molecule has 1 aliphatic rings. The molecule has 3 heterocycles. The predicted octanol–water partition coefficient (Wildman–Crippen LogP) is 6.15. The van der Waals surface area contributed by atoms with Gasteiger partial charge in [0.05, 0.1) is 15.9 Å². The summed E-state index contributed by atoms with van der Waals surface area (Å²) in [6.07, 6.45) is 0.378. The second-order valence-electron chi connectivity index (χ2n) is 8.87. The molecule has 3 aromatic carbocycles. The number of nitrogens with one attached hydrogen (secondary N) is 1. The van der Waals surface area contributed by atoms with Gasteiger partial charge in [-0.05, 0) is 49.2 Å². The summed E-state index contributed by atoms with van der Waals surface area (Å²) in [6, 6.07) is 24.4. The van der Waals surface area contributed by atoms with E-state index in [1.165, 1.54) is 5.56 Å². The highest BCUT2D eigenvalue weighted by molar-refractivity contribution is 7.20. The van der Waals surface area contributed by atoms with E-state index >= 15 is 0 Å². The third kappa shape index (κ3) is 4.08. The van der Waals surface area contributed by atoms with Crippen molar-refractivity contribution in [2.24, 2.45) is 0 Å². The van der Waals surface area contributed by atoms with Gasteiger partial charge >= 0.3 is 0 Å². The van der Waals surface area contributed by atoms with Crippen LogP contribution >= 0.6 is 11.3 Å². The highest BCUT2D eigenvalue weighted by Crippen LogP contribution is 2.41. The Bertz CT molecular complexity index is 1500. The van der Waals surface area contributed by atoms with Crippen molar-refractivity contribution in [1.29, 1.82) is 0 Å². The molecule has 0 radical (unpaired) electrons. The average molecular weight is 481 g/mol. The number of amides is 1. The third-order valence-electron chi connectivity index (χ3n) is 6.37. The van der Waals surface area contributed by atoms with Crippen molar-refractivity contribution in [3.8, 4) is 10.9 Å². The number of fused-ring (bicyclic) bond motifs is 2. The first-order valence-corrected chi connectivity index (χ1v) is 12.4. The van der Waals surface area contributed by atoms with Gasteiger partial charge in [0, 0.05) is 17.9 Å². The standard InChI is InChI=1S/C28H24N4O2S/c1-17-7-9-19(10-8-17)16-34-21-13-11-20(12-14-21)22-15-25(33)30-27-26(22)18(2)31-32(27)28-29-23-5-3-4-6-24(23)35-28/h3-14,22H,15-16H2,1-2H3,(H,30,33). The van der Waals surface area contributed by atoms with Crippen LogP contribution in [-0.2, 0) is 11.4 Å². The maximum Gasteiger partial charge on any atom is 0.226 e. The minimum atomic E-state index is -0.0759. The van der Waals surface area contributed by atoms with Crippen molar-refractivity contribution in [1.82, 2.24) is 14.8 Å². The second kappa shape index (κ2) is 8.67. The summed E-state index contributed by atoms with van der Waals surface area (Å²) in [5.74, 6) is 1.41. The molecule has 35 heavy (non-hydrogen) atoms. The van der Waals surface area contributed by atoms with Crippen LogP contribution in [-0.4, -0.2) is 20.7 Å². The Hall–Kier alpha value is -3.97. The van der Waals surface area contributed by atoms with Crippen LogP contribution in [0.25, 0.3) is 15.3 Å². The third-order valence-corrected chi connectivity index (χ3v) is 7.39. The lowest BCUT2D eigenvalue weighted by Crippen LogP contribution is -2.24. The minimum absolute atomic E-state index is 0.0236. The Balaban J connectivity index is 1.29. The number of thiazole rings is 1. The van der Waals surface area contributed by atoms with Gasteiger partial charge in [-0.3, -0.25) is 4.79 Å². The number of nitrogens with zero attached hydrogens (tertiary/aromatic N) is 3. The highest BCUT2D eigenvalue weighted by atomic mass is 32.1. The maximum atomic E-state index is 12.7. The number of rotatable bonds is 5. The lowest BCUT2D eigenvalue weighted by atomic mass is 9.86. The summed E-state index contributed by atoms with van der Waals surface area (Å²) >= 11 is 1.56. The van der Waals surface area contributed by atoms with E-state index in [2.05, 4.69) is 36.5 Å². The van der Waals surface area contributed by atoms with Gasteiger partial charge in [0.2, 0.25) is 11.0 Å². The van der Waals surface area contributed by atoms with Crippen LogP contribution in [0.15, 0.2) is 72.8 Å². The molecule has 0 bridgehead atoms. The molecule has 1 atom stereocenters. The van der Waals surface area contributed by atoms with Crippen molar-refractivity contribution in [3.63, 3.8) is 0 Å². The number of carbonyl (C=O) groups excluding carboxylic acids is 1. The Morgan fingerprint density at radius 3 is 2.57 bits per heavy atom. The summed E-state index contributed by atoms with van der Waals surface area (Å²) < 4.78 is 8.84. The molecular weight excluding hydrogens is 456 g/mol. The Morgan fingerprint density at radius 2 is 1.80 bits per heavy atom. The normalized spacial score (nSPS) is 15.1. The van der Waals surface area contributed by atoms with Crippen LogP contribution in [0.2, 0.25) is 0 Å². The number of hydrogen-bond donors (Lipinski definition) is 1. The average Bonchev–Trinajstić information content (AvgIpc) is 3.44. The first-order chi connectivity index (χ1) is 17.0. The van der Waals surface area contributed by atoms with Crippen LogP contribution < -0.4 is 10.1 Å². The number of ether oxygens (including phenoxy) is 1. The van der Waals surface area contributed by atoms with Gasteiger partial charge in [-0.25, -0.2) is 4.98 Å². The van der Waals surface area contributed by atoms with Crippen LogP contribution in [0.5, 0.6) is 5.75 Å². The molecule has 2 aromatic heterocycles. The predicted molar refractivity (Wildman–Crippen MR) is 139 cm³/mol. The van der Waals surface area contributed by atoms with E-state index in [0.29, 0.717) is 18.8 Å². The summed E-state index contributed by atoms with van der Waals surface area (Å²) in [6.45, 7) is 4.58. The summed E-state index contributed by atoms with van der Waals surface area (Å²) in [7, 11) is 0. The van der Waals surface area contributed by atoms with Crippen molar-refractivity contribution < 1.29 is 9.53 Å². The SMILES string of the molecule is Cc1ccc(COc2ccc(C3CC(=O)Nc4c3c(C)nn4-c3nc4ccccc4s3)cc2)cc1. The maximum absolute atomic E-state index is 12.7. The second-order valence-corrected chi connectivity index (χ2v) is 9.88. The fourth-order valence-corrected chi connectivity index (χ4v) is 5.49. The van der Waals surface area contributed by atoms with Crippen LogP contribution in [0.3, 0.4) is 0 Å². The molecule has 0 saturated carbocycles. The van der Waals surface area contributed by atoms with E-state index in [1.807, 2.05) is 55.5 Å². The van der Waals surface area contributed by atoms with Gasteiger partial charge in [0.1, 0.15) is 18.2 Å². The van der Waals surface area contributed by atoms with Crippen molar-refractivity contribution >= 4 is 33.3 Å². The molecule has 6 nitrogen and oxygen atoms in total. The van der Waals surface area contributed by atoms with Crippen molar-refractivity contribution in [2.45, 2.75) is 32.8 Å². The van der Waals surface area contributed by atoms with E-state index in [1.54, 1.807) is 16.0 Å². The van der Waals surface area contributed by atoms with Gasteiger partial charge in [-0.2, -0.15) is 9.78 Å². The van der Waals surface area contributed by atoms with Gasteiger partial charge < -0.3 is 10.1 Å². The van der Waals surface area contributed by atoms with E-state index in [-0.39, 0.29) is 11.8 Å². The fraction of sp³-hybridized carbons (Fsp3) is 0.179. The summed E-state index contributed by atoms with van der Waals surface area (Å²) in [5.41, 5.74) is 6.29. The number of benzene rings is 3. The Kier molecular flexibility index (Phi) is 5.34. The molecule has 0 spiro atoms. The summed E-state index contributed by atoms with van der Waals surface area (Å²) in [5, 5.41) is 8.58. The number of para-hydroxylation sites is 1. The van der Waals surface area contributed by atoms with Crippen LogP contribution in [0.4, 0.5) is 5.82 Å². The Morgan fingerprint density at radius 1 is 1.03 bits per heavy atom. The molecule has 1 N–H and O–H groups in total. The van der Waals surface area contributed by atoms with E-state index in [4.69, 9.17) is 14.8 Å². The topological polar surface area (TPSA) is 69.0 Å². The number of carbonyl (C=O) groups is 1. The van der Waals surface area contributed by atoms with E-state index in [0.717, 1.165) is 43.5 Å². The number of anilines is 1. The molecule has 5 aromatic rings. The highest BCUT2D eigenvalue weighted by Gasteiger charge is 2.33. The van der Waals surface area contributed by atoms with Gasteiger partial charge in [0.25, 0.3) is 0 Å². The molecule has 1 amide bonds. The molecule has 1 unspecified atom stereocenters. The lowest BCUT2D eigenvalue weighted by Gasteiger charge is -2.24. The fourth-order valence-electron chi connectivity index (χ4n) is 4.57. The molecule has 0 fully saturated rings. The zero-order valence-corrected chi connectivity index (χ0v) is 20.3.